The Hall–Kier alpha value is -2.97. The normalized spacial score (nSPS) is 18.1. The van der Waals surface area contributed by atoms with Gasteiger partial charge in [0.15, 0.2) is 0 Å². The zero-order chi connectivity index (χ0) is 21.6. The predicted molar refractivity (Wildman–Crippen MR) is 117 cm³/mol. The first kappa shape index (κ1) is 21.3. The Morgan fingerprint density at radius 2 is 1.68 bits per heavy atom. The van der Waals surface area contributed by atoms with E-state index in [4.69, 9.17) is 0 Å². The summed E-state index contributed by atoms with van der Waals surface area (Å²) in [6.45, 7) is 1.46. The van der Waals surface area contributed by atoms with Gasteiger partial charge in [0, 0.05) is 31.6 Å². The number of hydrogen-bond donors (Lipinski definition) is 2. The molecule has 4 rings (SSSR count). The third kappa shape index (κ3) is 5.39. The van der Waals surface area contributed by atoms with E-state index in [1.807, 2.05) is 4.90 Å². The molecule has 2 aromatic rings. The first-order chi connectivity index (χ1) is 15.1. The number of likely N-dealkylation sites (tertiary alicyclic amines) is 1. The molecule has 1 aliphatic carbocycles. The largest absolute Gasteiger partial charge is 0.353 e. The van der Waals surface area contributed by atoms with Gasteiger partial charge >= 0.3 is 6.03 Å². The lowest BCUT2D eigenvalue weighted by Gasteiger charge is -2.34. The maximum absolute atomic E-state index is 12.5. The van der Waals surface area contributed by atoms with Gasteiger partial charge in [-0.3, -0.25) is 9.59 Å². The van der Waals surface area contributed by atoms with Crippen LogP contribution in [0.2, 0.25) is 0 Å². The van der Waals surface area contributed by atoms with E-state index in [0.29, 0.717) is 30.0 Å². The van der Waals surface area contributed by atoms with Crippen LogP contribution in [0.15, 0.2) is 29.1 Å². The number of aromatic nitrogens is 3. The number of benzene rings is 1. The summed E-state index contributed by atoms with van der Waals surface area (Å²) in [5, 5.41) is 14.6. The van der Waals surface area contributed by atoms with E-state index in [9.17, 15) is 14.4 Å². The number of nitrogens with zero attached hydrogens (tertiary/aromatic N) is 4. The molecule has 2 aliphatic rings. The van der Waals surface area contributed by atoms with E-state index in [1.54, 1.807) is 24.3 Å². The van der Waals surface area contributed by atoms with Gasteiger partial charge in [0.2, 0.25) is 5.91 Å². The molecule has 31 heavy (non-hydrogen) atoms. The summed E-state index contributed by atoms with van der Waals surface area (Å²) in [5.41, 5.74) is 0.308. The van der Waals surface area contributed by atoms with Crippen LogP contribution in [-0.2, 0) is 11.3 Å². The smallest absolute Gasteiger partial charge is 0.317 e. The van der Waals surface area contributed by atoms with Gasteiger partial charge in [-0.2, -0.15) is 0 Å². The van der Waals surface area contributed by atoms with Crippen molar-refractivity contribution in [3.63, 3.8) is 0 Å². The Morgan fingerprint density at radius 3 is 2.45 bits per heavy atom. The van der Waals surface area contributed by atoms with E-state index < -0.39 is 0 Å². The molecule has 2 heterocycles. The highest BCUT2D eigenvalue weighted by molar-refractivity contribution is 5.77. The number of fused-ring (bicyclic) bond motifs is 1. The van der Waals surface area contributed by atoms with Gasteiger partial charge in [0.1, 0.15) is 5.52 Å². The van der Waals surface area contributed by atoms with Crippen LogP contribution in [0, 0.1) is 0 Å². The number of carbonyl (C=O) groups is 2. The summed E-state index contributed by atoms with van der Waals surface area (Å²) < 4.78 is 1.24. The molecule has 166 valence electrons. The fourth-order valence-electron chi connectivity index (χ4n) is 4.42. The second kappa shape index (κ2) is 9.89. The van der Waals surface area contributed by atoms with Gasteiger partial charge in [-0.05, 0) is 37.8 Å². The van der Waals surface area contributed by atoms with E-state index in [-0.39, 0.29) is 36.5 Å². The first-order valence-electron chi connectivity index (χ1n) is 11.3. The maximum atomic E-state index is 12.5. The molecule has 1 aliphatic heterocycles. The van der Waals surface area contributed by atoms with E-state index in [1.165, 1.54) is 23.9 Å². The predicted octanol–water partition coefficient (Wildman–Crippen LogP) is 1.80. The van der Waals surface area contributed by atoms with Crippen molar-refractivity contribution in [2.75, 3.05) is 13.1 Å². The number of urea groups is 1. The second-order valence-corrected chi connectivity index (χ2v) is 8.50. The van der Waals surface area contributed by atoms with Gasteiger partial charge in [-0.25, -0.2) is 9.48 Å². The minimum absolute atomic E-state index is 0.0194. The van der Waals surface area contributed by atoms with Gasteiger partial charge in [0.05, 0.1) is 11.9 Å². The van der Waals surface area contributed by atoms with Crippen LogP contribution in [0.5, 0.6) is 0 Å². The molecule has 2 N–H and O–H groups in total. The number of nitrogens with one attached hydrogen (secondary N) is 2. The van der Waals surface area contributed by atoms with Crippen molar-refractivity contribution in [2.24, 2.45) is 0 Å². The van der Waals surface area contributed by atoms with Crippen LogP contribution >= 0.6 is 0 Å². The molecule has 0 bridgehead atoms. The molecule has 1 aromatic heterocycles. The molecule has 1 aromatic carbocycles. The molecule has 0 spiro atoms. The number of carbonyl (C=O) groups excluding carboxylic acids is 2. The van der Waals surface area contributed by atoms with Crippen molar-refractivity contribution < 1.29 is 9.59 Å². The Morgan fingerprint density at radius 1 is 0.968 bits per heavy atom. The Balaban J connectivity index is 1.21. The average molecular weight is 427 g/mol. The van der Waals surface area contributed by atoms with Crippen LogP contribution in [0.25, 0.3) is 10.9 Å². The lowest BCUT2D eigenvalue weighted by molar-refractivity contribution is -0.122. The third-order valence-corrected chi connectivity index (χ3v) is 6.26. The monoisotopic (exact) mass is 426 g/mol. The molecule has 2 fully saturated rings. The second-order valence-electron chi connectivity index (χ2n) is 8.50. The zero-order valence-electron chi connectivity index (χ0n) is 17.8. The molecule has 0 atom stereocenters. The number of piperidine rings is 1. The Labute approximate surface area is 181 Å². The van der Waals surface area contributed by atoms with Crippen molar-refractivity contribution in [3.8, 4) is 0 Å². The summed E-state index contributed by atoms with van der Waals surface area (Å²) in [7, 11) is 0. The molecule has 1 saturated carbocycles. The SMILES string of the molecule is O=C(CCn1nnc2ccccc2c1=O)NC1CCN(C(=O)NC2CCCCC2)CC1. The summed E-state index contributed by atoms with van der Waals surface area (Å²) in [6, 6.07) is 7.41. The highest BCUT2D eigenvalue weighted by Gasteiger charge is 2.25. The summed E-state index contributed by atoms with van der Waals surface area (Å²) in [4.78, 5) is 39.1. The minimum Gasteiger partial charge on any atom is -0.353 e. The zero-order valence-corrected chi connectivity index (χ0v) is 17.8. The topological polar surface area (TPSA) is 109 Å². The van der Waals surface area contributed by atoms with Crippen LogP contribution in [-0.4, -0.2) is 57.0 Å². The maximum Gasteiger partial charge on any atom is 0.317 e. The minimum atomic E-state index is -0.240. The Bertz CT molecular complexity index is 977. The molecular formula is C22H30N6O3. The van der Waals surface area contributed by atoms with Crippen LogP contribution in [0.3, 0.4) is 0 Å². The highest BCUT2D eigenvalue weighted by Crippen LogP contribution is 2.18. The molecule has 0 radical (unpaired) electrons. The van der Waals surface area contributed by atoms with Crippen LogP contribution in [0.4, 0.5) is 4.79 Å². The third-order valence-electron chi connectivity index (χ3n) is 6.26. The number of rotatable bonds is 5. The summed E-state index contributed by atoms with van der Waals surface area (Å²) >= 11 is 0. The molecule has 3 amide bonds. The van der Waals surface area contributed by atoms with Crippen molar-refractivity contribution >= 4 is 22.8 Å². The Kier molecular flexibility index (Phi) is 6.79. The van der Waals surface area contributed by atoms with Crippen molar-refractivity contribution in [1.29, 1.82) is 0 Å². The molecule has 1 saturated heterocycles. The molecule has 9 nitrogen and oxygen atoms in total. The van der Waals surface area contributed by atoms with Gasteiger partial charge < -0.3 is 15.5 Å². The van der Waals surface area contributed by atoms with E-state index in [2.05, 4.69) is 20.9 Å². The van der Waals surface area contributed by atoms with Gasteiger partial charge in [0.25, 0.3) is 5.56 Å². The summed E-state index contributed by atoms with van der Waals surface area (Å²) in [6.07, 6.45) is 7.42. The number of aryl methyl sites for hydroxylation is 1. The molecular weight excluding hydrogens is 396 g/mol. The van der Waals surface area contributed by atoms with Gasteiger partial charge in [-0.15, -0.1) is 5.10 Å². The van der Waals surface area contributed by atoms with Crippen molar-refractivity contribution in [1.82, 2.24) is 30.5 Å². The average Bonchev–Trinajstić information content (AvgIpc) is 2.80. The molecule has 9 heteroatoms. The fraction of sp³-hybridized carbons (Fsp3) is 0.591. The number of amides is 3. The van der Waals surface area contributed by atoms with Crippen molar-refractivity contribution in [2.45, 2.75) is 70.0 Å². The van der Waals surface area contributed by atoms with Crippen LogP contribution in [0.1, 0.15) is 51.4 Å². The lowest BCUT2D eigenvalue weighted by atomic mass is 9.95. The van der Waals surface area contributed by atoms with E-state index >= 15 is 0 Å². The number of hydrogen-bond acceptors (Lipinski definition) is 5. The highest BCUT2D eigenvalue weighted by atomic mass is 16.2. The molecule has 0 unspecified atom stereocenters. The quantitative estimate of drug-likeness (QED) is 0.758. The van der Waals surface area contributed by atoms with Crippen LogP contribution < -0.4 is 16.2 Å². The lowest BCUT2D eigenvalue weighted by Crippen LogP contribution is -2.51. The van der Waals surface area contributed by atoms with E-state index in [0.717, 1.165) is 25.7 Å². The fourth-order valence-corrected chi connectivity index (χ4v) is 4.42. The first-order valence-corrected chi connectivity index (χ1v) is 11.3. The van der Waals surface area contributed by atoms with Gasteiger partial charge in [-0.1, -0.05) is 36.6 Å². The standard InChI is InChI=1S/C22H30N6O3/c29-20(12-15-28-21(30)18-8-4-5-9-19(18)25-26-28)23-17-10-13-27(14-11-17)22(31)24-16-6-2-1-3-7-16/h4-5,8-9,16-17H,1-3,6-7,10-15H2,(H,23,29)(H,24,31). The van der Waals surface area contributed by atoms with Crippen molar-refractivity contribution in [3.05, 3.63) is 34.6 Å². The summed E-state index contributed by atoms with van der Waals surface area (Å²) in [5.74, 6) is -0.119.